The topological polar surface area (TPSA) is 12.9 Å². The molecule has 0 saturated heterocycles. The van der Waals surface area contributed by atoms with Crippen molar-refractivity contribution in [3.05, 3.63) is 28.0 Å². The van der Waals surface area contributed by atoms with Crippen molar-refractivity contribution in [3.8, 4) is 0 Å². The average molecular weight is 202 g/mol. The van der Waals surface area contributed by atoms with Gasteiger partial charge >= 0.3 is 0 Å². The lowest BCUT2D eigenvalue weighted by Gasteiger charge is -2.26. The fourth-order valence-electron chi connectivity index (χ4n) is 1.46. The minimum absolute atomic E-state index is 0.543. The monoisotopic (exact) mass is 201 g/mol. The Morgan fingerprint density at radius 1 is 1.33 bits per heavy atom. The highest BCUT2D eigenvalue weighted by Crippen LogP contribution is 2.39. The van der Waals surface area contributed by atoms with Gasteiger partial charge in [0.25, 0.3) is 0 Å². The first kappa shape index (κ1) is 8.33. The smallest absolute Gasteiger partial charge is 0.129 e. The molecule has 0 amide bonds. The van der Waals surface area contributed by atoms with Gasteiger partial charge in [-0.2, -0.15) is 0 Å². The Morgan fingerprint density at radius 3 is 2.67 bits per heavy atom. The second kappa shape index (κ2) is 3.23. The number of halogens is 2. The van der Waals surface area contributed by atoms with Crippen molar-refractivity contribution < 1.29 is 0 Å². The van der Waals surface area contributed by atoms with Gasteiger partial charge in [0.15, 0.2) is 0 Å². The molecule has 0 atom stereocenters. The van der Waals surface area contributed by atoms with Gasteiger partial charge in [0.05, 0.1) is 5.02 Å². The van der Waals surface area contributed by atoms with Gasteiger partial charge in [-0.25, -0.2) is 4.98 Å². The van der Waals surface area contributed by atoms with E-state index in [0.717, 1.165) is 5.02 Å². The summed E-state index contributed by atoms with van der Waals surface area (Å²) in [7, 11) is 0. The molecular formula is C9H9Cl2N. The highest BCUT2D eigenvalue weighted by Gasteiger charge is 2.22. The second-order valence-electron chi connectivity index (χ2n) is 3.16. The Labute approximate surface area is 81.7 Å². The van der Waals surface area contributed by atoms with Crippen LogP contribution < -0.4 is 0 Å². The van der Waals surface area contributed by atoms with Gasteiger partial charge in [-0.15, -0.1) is 0 Å². The first-order chi connectivity index (χ1) is 5.77. The maximum Gasteiger partial charge on any atom is 0.129 e. The molecule has 1 fully saturated rings. The fourth-order valence-corrected chi connectivity index (χ4v) is 1.88. The van der Waals surface area contributed by atoms with Gasteiger partial charge in [-0.1, -0.05) is 29.6 Å². The normalized spacial score (nSPS) is 17.5. The van der Waals surface area contributed by atoms with Crippen LogP contribution in [0.3, 0.4) is 0 Å². The van der Waals surface area contributed by atoms with Crippen LogP contribution in [-0.4, -0.2) is 4.98 Å². The Balaban J connectivity index is 2.34. The van der Waals surface area contributed by atoms with E-state index in [1.165, 1.54) is 24.8 Å². The molecule has 2 rings (SSSR count). The van der Waals surface area contributed by atoms with Crippen molar-refractivity contribution in [2.75, 3.05) is 0 Å². The van der Waals surface area contributed by atoms with Crippen molar-refractivity contribution in [2.24, 2.45) is 0 Å². The fraction of sp³-hybridized carbons (Fsp3) is 0.444. The average Bonchev–Trinajstić information content (AvgIpc) is 1.93. The lowest BCUT2D eigenvalue weighted by atomic mass is 9.80. The van der Waals surface area contributed by atoms with Crippen LogP contribution >= 0.6 is 23.2 Å². The standard InChI is InChI=1S/C9H9Cl2N/c10-8-5-12-9(11)4-7(8)6-2-1-3-6/h4-6H,1-3H2. The van der Waals surface area contributed by atoms with Gasteiger partial charge in [0, 0.05) is 6.20 Å². The van der Waals surface area contributed by atoms with Gasteiger partial charge in [-0.05, 0) is 30.4 Å². The van der Waals surface area contributed by atoms with Crippen LogP contribution in [0.15, 0.2) is 12.3 Å². The summed E-state index contributed by atoms with van der Waals surface area (Å²) in [5.41, 5.74) is 1.17. The molecule has 64 valence electrons. The molecule has 1 aromatic heterocycles. The Hall–Kier alpha value is -0.270. The SMILES string of the molecule is Clc1cc(C2CCC2)c(Cl)cn1. The number of aromatic nitrogens is 1. The predicted octanol–water partition coefficient (Wildman–Crippen LogP) is 3.66. The molecule has 0 bridgehead atoms. The first-order valence-electron chi connectivity index (χ1n) is 4.08. The van der Waals surface area contributed by atoms with E-state index in [9.17, 15) is 0 Å². The van der Waals surface area contributed by atoms with Crippen LogP contribution in [0, 0.1) is 0 Å². The zero-order chi connectivity index (χ0) is 8.55. The van der Waals surface area contributed by atoms with E-state index in [0.29, 0.717) is 11.1 Å². The van der Waals surface area contributed by atoms with E-state index in [2.05, 4.69) is 4.98 Å². The molecule has 1 nitrogen and oxygen atoms in total. The van der Waals surface area contributed by atoms with Crippen molar-refractivity contribution in [1.82, 2.24) is 4.98 Å². The molecule has 1 saturated carbocycles. The summed E-state index contributed by atoms with van der Waals surface area (Å²) in [6.45, 7) is 0. The van der Waals surface area contributed by atoms with Crippen molar-refractivity contribution in [3.63, 3.8) is 0 Å². The molecule has 1 aromatic rings. The highest BCUT2D eigenvalue weighted by atomic mass is 35.5. The Kier molecular flexibility index (Phi) is 2.24. The molecular weight excluding hydrogens is 193 g/mol. The summed E-state index contributed by atoms with van der Waals surface area (Å²) in [6, 6.07) is 1.88. The van der Waals surface area contributed by atoms with E-state index in [1.54, 1.807) is 6.20 Å². The van der Waals surface area contributed by atoms with E-state index in [1.807, 2.05) is 6.07 Å². The molecule has 0 aromatic carbocycles. The molecule has 1 aliphatic carbocycles. The minimum Gasteiger partial charge on any atom is -0.243 e. The summed E-state index contributed by atoms with van der Waals surface area (Å²) >= 11 is 11.8. The quantitative estimate of drug-likeness (QED) is 0.633. The first-order valence-corrected chi connectivity index (χ1v) is 4.84. The summed E-state index contributed by atoms with van der Waals surface area (Å²) in [6.07, 6.45) is 5.42. The number of hydrogen-bond acceptors (Lipinski definition) is 1. The molecule has 0 radical (unpaired) electrons. The van der Waals surface area contributed by atoms with Crippen LogP contribution in [0.25, 0.3) is 0 Å². The molecule has 0 N–H and O–H groups in total. The van der Waals surface area contributed by atoms with Gasteiger partial charge in [0.1, 0.15) is 5.15 Å². The van der Waals surface area contributed by atoms with Crippen LogP contribution in [0.2, 0.25) is 10.2 Å². The minimum atomic E-state index is 0.543. The maximum atomic E-state index is 5.98. The van der Waals surface area contributed by atoms with Crippen LogP contribution in [-0.2, 0) is 0 Å². The van der Waals surface area contributed by atoms with Crippen LogP contribution in [0.5, 0.6) is 0 Å². The van der Waals surface area contributed by atoms with Crippen molar-refractivity contribution >= 4 is 23.2 Å². The number of hydrogen-bond donors (Lipinski definition) is 0. The summed E-state index contributed by atoms with van der Waals surface area (Å²) in [4.78, 5) is 3.91. The predicted molar refractivity (Wildman–Crippen MR) is 50.8 cm³/mol. The van der Waals surface area contributed by atoms with E-state index in [-0.39, 0.29) is 0 Å². The highest BCUT2D eigenvalue weighted by molar-refractivity contribution is 6.32. The maximum absolute atomic E-state index is 5.98. The molecule has 0 unspecified atom stereocenters. The van der Waals surface area contributed by atoms with E-state index in [4.69, 9.17) is 23.2 Å². The Bertz CT molecular complexity index is 295. The zero-order valence-corrected chi connectivity index (χ0v) is 8.07. The molecule has 3 heteroatoms. The summed E-state index contributed by atoms with van der Waals surface area (Å²) in [5.74, 6) is 0.623. The lowest BCUT2D eigenvalue weighted by molar-refractivity contribution is 0.419. The van der Waals surface area contributed by atoms with Crippen molar-refractivity contribution in [1.29, 1.82) is 0 Å². The number of nitrogens with zero attached hydrogens (tertiary/aromatic N) is 1. The summed E-state index contributed by atoms with van der Waals surface area (Å²) in [5, 5.41) is 1.30. The largest absolute Gasteiger partial charge is 0.243 e. The van der Waals surface area contributed by atoms with Gasteiger partial charge in [-0.3, -0.25) is 0 Å². The third kappa shape index (κ3) is 1.44. The number of pyridine rings is 1. The number of rotatable bonds is 1. The molecule has 0 aliphatic heterocycles. The lowest BCUT2D eigenvalue weighted by Crippen LogP contribution is -2.09. The third-order valence-electron chi connectivity index (χ3n) is 2.40. The summed E-state index contributed by atoms with van der Waals surface area (Å²) < 4.78 is 0. The third-order valence-corrected chi connectivity index (χ3v) is 2.92. The van der Waals surface area contributed by atoms with Crippen LogP contribution in [0.4, 0.5) is 0 Å². The van der Waals surface area contributed by atoms with Gasteiger partial charge in [0.2, 0.25) is 0 Å². The zero-order valence-electron chi connectivity index (χ0n) is 6.56. The molecule has 1 aliphatic rings. The molecule has 12 heavy (non-hydrogen) atoms. The van der Waals surface area contributed by atoms with Crippen molar-refractivity contribution in [2.45, 2.75) is 25.2 Å². The molecule has 0 spiro atoms. The molecule has 1 heterocycles. The second-order valence-corrected chi connectivity index (χ2v) is 3.95. The Morgan fingerprint density at radius 2 is 2.08 bits per heavy atom. The van der Waals surface area contributed by atoms with E-state index < -0.39 is 0 Å². The van der Waals surface area contributed by atoms with E-state index >= 15 is 0 Å². The van der Waals surface area contributed by atoms with Crippen LogP contribution in [0.1, 0.15) is 30.7 Å². The van der Waals surface area contributed by atoms with Gasteiger partial charge < -0.3 is 0 Å².